The predicted octanol–water partition coefficient (Wildman–Crippen LogP) is 4.71. The number of hydrogen-bond acceptors (Lipinski definition) is 6. The Morgan fingerprint density at radius 3 is 2.36 bits per heavy atom. The molecule has 0 bridgehead atoms. The van der Waals surface area contributed by atoms with Gasteiger partial charge in [-0.05, 0) is 34.9 Å². The first kappa shape index (κ1) is 20.9. The van der Waals surface area contributed by atoms with Gasteiger partial charge in [-0.2, -0.15) is 22.0 Å². The van der Waals surface area contributed by atoms with Crippen LogP contribution in [0, 0.1) is 0 Å². The van der Waals surface area contributed by atoms with Crippen LogP contribution in [0.1, 0.15) is 11.3 Å². The van der Waals surface area contributed by atoms with Gasteiger partial charge >= 0.3 is 12.1 Å². The van der Waals surface area contributed by atoms with E-state index in [1.807, 2.05) is 0 Å². The van der Waals surface area contributed by atoms with Gasteiger partial charge in [0.05, 0.1) is 0 Å². The van der Waals surface area contributed by atoms with Gasteiger partial charge in [-0.3, -0.25) is 4.40 Å². The van der Waals surface area contributed by atoms with E-state index in [9.17, 15) is 22.0 Å². The molecular weight excluding hydrogens is 447 g/mol. The standard InChI is InChI=1S/C21H13F5N6O/c22-20(23,21(24,25)26)16-7-14(12-3-1-11(8-27)2-4-12)13-5-6-17-29-15(19-31-28-10-33-19)9-32(17)18(13)30-16/h1-7,9-10H,8,27H2. The summed E-state index contributed by atoms with van der Waals surface area (Å²) in [6.45, 7) is 0.253. The zero-order chi connectivity index (χ0) is 23.4. The molecule has 4 heterocycles. The van der Waals surface area contributed by atoms with Crippen molar-refractivity contribution in [2.45, 2.75) is 18.6 Å². The van der Waals surface area contributed by atoms with Crippen LogP contribution in [0.4, 0.5) is 22.0 Å². The van der Waals surface area contributed by atoms with Crippen molar-refractivity contribution in [3.63, 3.8) is 0 Å². The molecule has 2 N–H and O–H groups in total. The Morgan fingerprint density at radius 1 is 0.970 bits per heavy atom. The molecule has 33 heavy (non-hydrogen) atoms. The first-order valence-corrected chi connectivity index (χ1v) is 9.53. The van der Waals surface area contributed by atoms with Crippen LogP contribution >= 0.6 is 0 Å². The molecule has 5 rings (SSSR count). The Labute approximate surface area is 181 Å². The second-order valence-corrected chi connectivity index (χ2v) is 7.20. The van der Waals surface area contributed by atoms with Crippen molar-refractivity contribution < 1.29 is 26.4 Å². The number of alkyl halides is 5. The summed E-state index contributed by atoms with van der Waals surface area (Å²) < 4.78 is 74.8. The number of benzene rings is 1. The smallest absolute Gasteiger partial charge is 0.422 e. The molecule has 4 aromatic heterocycles. The second kappa shape index (κ2) is 7.30. The van der Waals surface area contributed by atoms with E-state index in [1.54, 1.807) is 36.4 Å². The lowest BCUT2D eigenvalue weighted by Crippen LogP contribution is -2.34. The molecule has 0 atom stereocenters. The zero-order valence-corrected chi connectivity index (χ0v) is 16.5. The minimum Gasteiger partial charge on any atom is -0.422 e. The molecule has 1 aromatic carbocycles. The maximum absolute atomic E-state index is 14.4. The molecule has 0 unspecified atom stereocenters. The number of nitrogens with zero attached hydrogens (tertiary/aromatic N) is 5. The summed E-state index contributed by atoms with van der Waals surface area (Å²) in [6, 6.07) is 10.5. The molecule has 0 fully saturated rings. The topological polar surface area (TPSA) is 95.1 Å². The lowest BCUT2D eigenvalue weighted by atomic mass is 9.99. The van der Waals surface area contributed by atoms with Gasteiger partial charge in [0.15, 0.2) is 0 Å². The summed E-state index contributed by atoms with van der Waals surface area (Å²) >= 11 is 0. The third kappa shape index (κ3) is 3.39. The maximum atomic E-state index is 14.4. The van der Waals surface area contributed by atoms with Gasteiger partial charge in [0.2, 0.25) is 6.39 Å². The monoisotopic (exact) mass is 460 g/mol. The first-order valence-electron chi connectivity index (χ1n) is 9.53. The van der Waals surface area contributed by atoms with Crippen molar-refractivity contribution in [2.24, 2.45) is 5.73 Å². The summed E-state index contributed by atoms with van der Waals surface area (Å²) in [6.07, 6.45) is -3.36. The van der Waals surface area contributed by atoms with E-state index in [0.29, 0.717) is 10.9 Å². The Balaban J connectivity index is 1.83. The number of rotatable bonds is 4. The first-order chi connectivity index (χ1) is 15.7. The molecule has 0 aliphatic heterocycles. The summed E-state index contributed by atoms with van der Waals surface area (Å²) in [5.41, 5.74) is 5.85. The molecule has 0 amide bonds. The van der Waals surface area contributed by atoms with Crippen molar-refractivity contribution >= 4 is 16.7 Å². The Bertz CT molecular complexity index is 1460. The maximum Gasteiger partial charge on any atom is 0.459 e. The third-order valence-electron chi connectivity index (χ3n) is 5.16. The lowest BCUT2D eigenvalue weighted by Gasteiger charge is -2.20. The van der Waals surface area contributed by atoms with Gasteiger partial charge in [0.25, 0.3) is 5.89 Å². The van der Waals surface area contributed by atoms with Crippen LogP contribution in [0.3, 0.4) is 0 Å². The van der Waals surface area contributed by atoms with Crippen molar-refractivity contribution in [2.75, 3.05) is 0 Å². The van der Waals surface area contributed by atoms with Crippen LogP contribution in [0.25, 0.3) is 39.4 Å². The molecule has 0 aliphatic rings. The van der Waals surface area contributed by atoms with Crippen LogP contribution in [0.2, 0.25) is 0 Å². The van der Waals surface area contributed by atoms with Crippen molar-refractivity contribution in [1.29, 1.82) is 0 Å². The van der Waals surface area contributed by atoms with Gasteiger partial charge in [-0.15, -0.1) is 10.2 Å². The average Bonchev–Trinajstić information content (AvgIpc) is 3.47. The van der Waals surface area contributed by atoms with E-state index < -0.39 is 17.8 Å². The Hall–Kier alpha value is -3.93. The summed E-state index contributed by atoms with van der Waals surface area (Å²) in [4.78, 5) is 8.00. The van der Waals surface area contributed by atoms with Crippen LogP contribution in [0.5, 0.6) is 0 Å². The Morgan fingerprint density at radius 2 is 1.73 bits per heavy atom. The van der Waals surface area contributed by atoms with Crippen LogP contribution < -0.4 is 5.73 Å². The molecule has 0 saturated heterocycles. The molecule has 0 spiro atoms. The summed E-state index contributed by atoms with van der Waals surface area (Å²) in [7, 11) is 0. The minimum absolute atomic E-state index is 0.0567. The van der Waals surface area contributed by atoms with Gasteiger partial charge in [-0.25, -0.2) is 9.97 Å². The fraction of sp³-hybridized carbons (Fsp3) is 0.143. The fourth-order valence-electron chi connectivity index (χ4n) is 3.48. The lowest BCUT2D eigenvalue weighted by molar-refractivity contribution is -0.290. The van der Waals surface area contributed by atoms with Crippen molar-refractivity contribution in [3.8, 4) is 22.7 Å². The molecule has 12 heteroatoms. The van der Waals surface area contributed by atoms with E-state index in [-0.39, 0.29) is 35.0 Å². The fourth-order valence-corrected chi connectivity index (χ4v) is 3.48. The summed E-state index contributed by atoms with van der Waals surface area (Å²) in [5.74, 6) is -5.12. The Kier molecular flexibility index (Phi) is 4.64. The highest BCUT2D eigenvalue weighted by Gasteiger charge is 2.60. The van der Waals surface area contributed by atoms with Crippen LogP contribution in [-0.4, -0.2) is 30.7 Å². The van der Waals surface area contributed by atoms with E-state index >= 15 is 0 Å². The molecular formula is C21H13F5N6O. The predicted molar refractivity (Wildman–Crippen MR) is 107 cm³/mol. The molecule has 0 radical (unpaired) electrons. The minimum atomic E-state index is -5.83. The molecule has 0 saturated carbocycles. The normalized spacial score (nSPS) is 12.7. The van der Waals surface area contributed by atoms with Gasteiger partial charge in [-0.1, -0.05) is 24.3 Å². The highest BCUT2D eigenvalue weighted by molar-refractivity contribution is 5.94. The van der Waals surface area contributed by atoms with E-state index in [0.717, 1.165) is 18.0 Å². The number of halogens is 5. The van der Waals surface area contributed by atoms with Gasteiger partial charge in [0, 0.05) is 18.1 Å². The zero-order valence-electron chi connectivity index (χ0n) is 16.5. The van der Waals surface area contributed by atoms with E-state index in [2.05, 4.69) is 20.2 Å². The van der Waals surface area contributed by atoms with Gasteiger partial charge in [0.1, 0.15) is 22.7 Å². The van der Waals surface area contributed by atoms with Gasteiger partial charge < -0.3 is 10.2 Å². The molecule has 168 valence electrons. The van der Waals surface area contributed by atoms with Crippen LogP contribution in [-0.2, 0) is 12.5 Å². The molecule has 7 nitrogen and oxygen atoms in total. The highest BCUT2D eigenvalue weighted by atomic mass is 19.4. The number of hydrogen-bond donors (Lipinski definition) is 1. The van der Waals surface area contributed by atoms with Crippen molar-refractivity contribution in [3.05, 3.63) is 66.3 Å². The third-order valence-corrected chi connectivity index (χ3v) is 5.16. The van der Waals surface area contributed by atoms with E-state index in [1.165, 1.54) is 10.6 Å². The van der Waals surface area contributed by atoms with Crippen LogP contribution in [0.15, 0.2) is 59.5 Å². The number of fused-ring (bicyclic) bond motifs is 3. The van der Waals surface area contributed by atoms with Crippen molar-refractivity contribution in [1.82, 2.24) is 24.6 Å². The molecule has 0 aliphatic carbocycles. The number of imidazole rings is 1. The average molecular weight is 460 g/mol. The number of pyridine rings is 2. The highest BCUT2D eigenvalue weighted by Crippen LogP contribution is 2.45. The van der Waals surface area contributed by atoms with E-state index in [4.69, 9.17) is 10.2 Å². The molecule has 5 aromatic rings. The number of nitrogens with two attached hydrogens (primary N) is 1. The second-order valence-electron chi connectivity index (χ2n) is 7.20. The number of aromatic nitrogens is 5. The SMILES string of the molecule is NCc1ccc(-c2cc(C(F)(F)C(F)(F)F)nc3c2ccc2nc(-c4nnco4)cn23)cc1. The quantitative estimate of drug-likeness (QED) is 0.390. The largest absolute Gasteiger partial charge is 0.459 e. The summed E-state index contributed by atoms with van der Waals surface area (Å²) in [5, 5.41) is 7.64.